The zero-order valence-electron chi connectivity index (χ0n) is 14.7. The number of hydrazine groups is 1. The Balaban J connectivity index is 3.64. The van der Waals surface area contributed by atoms with Crippen LogP contribution in [0.4, 0.5) is 9.59 Å². The number of carboxylic acids is 2. The van der Waals surface area contributed by atoms with Crippen LogP contribution in [0, 0.1) is 5.92 Å². The lowest BCUT2D eigenvalue weighted by Gasteiger charge is -2.17. The summed E-state index contributed by atoms with van der Waals surface area (Å²) < 4.78 is 0. The number of rotatable bonds is 14. The Morgan fingerprint density at radius 2 is 1.27 bits per heavy atom. The quantitative estimate of drug-likeness (QED) is 0.228. The third-order valence-electron chi connectivity index (χ3n) is 3.92. The van der Waals surface area contributed by atoms with Crippen molar-refractivity contribution in [2.75, 3.05) is 6.54 Å². The maximum absolute atomic E-state index is 10.9. The van der Waals surface area contributed by atoms with Gasteiger partial charge in [0.25, 0.3) is 0 Å². The van der Waals surface area contributed by atoms with Crippen molar-refractivity contribution in [3.63, 3.8) is 0 Å². The fourth-order valence-corrected chi connectivity index (χ4v) is 2.56. The third-order valence-corrected chi connectivity index (χ3v) is 3.92. The van der Waals surface area contributed by atoms with E-state index in [0.29, 0.717) is 24.3 Å². The van der Waals surface area contributed by atoms with Crippen LogP contribution in [0.25, 0.3) is 0 Å². The van der Waals surface area contributed by atoms with Gasteiger partial charge < -0.3 is 20.4 Å². The molecule has 0 rings (SSSR count). The van der Waals surface area contributed by atoms with Gasteiger partial charge in [0.05, 0.1) is 12.3 Å². The maximum atomic E-state index is 10.9. The summed E-state index contributed by atoms with van der Waals surface area (Å²) in [6, 6.07) is 0. The van der Waals surface area contributed by atoms with Crippen LogP contribution >= 0.6 is 0 Å². The van der Waals surface area contributed by atoms with Crippen LogP contribution in [-0.4, -0.2) is 56.1 Å². The lowest BCUT2D eigenvalue weighted by atomic mass is 9.97. The Labute approximate surface area is 151 Å². The van der Waals surface area contributed by atoms with Gasteiger partial charge in [-0.1, -0.05) is 44.9 Å². The van der Waals surface area contributed by atoms with Crippen LogP contribution in [0.1, 0.15) is 64.2 Å². The molecule has 1 unspecified atom stereocenters. The summed E-state index contributed by atoms with van der Waals surface area (Å²) in [5.74, 6) is -3.00. The number of nitrogens with one attached hydrogen (secondary N) is 1. The van der Waals surface area contributed by atoms with Gasteiger partial charge in [0, 0.05) is 6.54 Å². The molecule has 150 valence electrons. The van der Waals surface area contributed by atoms with Crippen LogP contribution in [0.2, 0.25) is 0 Å². The second-order valence-corrected chi connectivity index (χ2v) is 6.10. The van der Waals surface area contributed by atoms with Crippen LogP contribution in [0.15, 0.2) is 0 Å². The highest BCUT2D eigenvalue weighted by atomic mass is 16.4. The van der Waals surface area contributed by atoms with Crippen molar-refractivity contribution in [3.05, 3.63) is 0 Å². The Morgan fingerprint density at radius 1 is 0.769 bits per heavy atom. The van der Waals surface area contributed by atoms with E-state index in [1.807, 2.05) is 0 Å². The topological polar surface area (TPSA) is 164 Å². The van der Waals surface area contributed by atoms with E-state index in [9.17, 15) is 19.2 Å². The summed E-state index contributed by atoms with van der Waals surface area (Å²) in [4.78, 5) is 42.7. The van der Waals surface area contributed by atoms with E-state index in [1.165, 1.54) is 0 Å². The molecule has 10 nitrogen and oxygen atoms in total. The van der Waals surface area contributed by atoms with Crippen molar-refractivity contribution < 1.29 is 39.6 Å². The summed E-state index contributed by atoms with van der Waals surface area (Å²) in [6.07, 6.45) is 3.88. The van der Waals surface area contributed by atoms with Crippen LogP contribution in [0.3, 0.4) is 0 Å². The van der Waals surface area contributed by atoms with E-state index in [4.69, 9.17) is 20.4 Å². The molecule has 0 aliphatic rings. The summed E-state index contributed by atoms with van der Waals surface area (Å²) >= 11 is 0. The second kappa shape index (κ2) is 13.7. The average Bonchev–Trinajstić information content (AvgIpc) is 2.53. The van der Waals surface area contributed by atoms with E-state index in [0.717, 1.165) is 38.5 Å². The van der Waals surface area contributed by atoms with Gasteiger partial charge in [-0.3, -0.25) is 9.59 Å². The fraction of sp³-hybridized carbons (Fsp3) is 0.750. The van der Waals surface area contributed by atoms with Gasteiger partial charge in [-0.25, -0.2) is 20.0 Å². The first-order chi connectivity index (χ1) is 12.2. The van der Waals surface area contributed by atoms with Crippen molar-refractivity contribution in [1.82, 2.24) is 10.4 Å². The zero-order chi connectivity index (χ0) is 19.9. The summed E-state index contributed by atoms with van der Waals surface area (Å²) in [5, 5.41) is 35.5. The van der Waals surface area contributed by atoms with Crippen molar-refractivity contribution >= 4 is 24.1 Å². The minimum Gasteiger partial charge on any atom is -0.481 e. The average molecular weight is 376 g/mol. The molecule has 0 aliphatic carbocycles. The Hall–Kier alpha value is -2.52. The Morgan fingerprint density at radius 3 is 1.69 bits per heavy atom. The van der Waals surface area contributed by atoms with E-state index < -0.39 is 30.0 Å². The van der Waals surface area contributed by atoms with Gasteiger partial charge in [0.2, 0.25) is 0 Å². The molecular formula is C16H28N2O8. The lowest BCUT2D eigenvalue weighted by Crippen LogP contribution is -2.45. The molecule has 0 fully saturated rings. The summed E-state index contributed by atoms with van der Waals surface area (Å²) in [6.45, 7) is 0.0990. The predicted octanol–water partition coefficient (Wildman–Crippen LogP) is 2.84. The predicted molar refractivity (Wildman–Crippen MR) is 90.8 cm³/mol. The molecule has 0 radical (unpaired) electrons. The number of nitrogens with zero attached hydrogens (tertiary/aromatic N) is 1. The molecule has 0 saturated carbocycles. The van der Waals surface area contributed by atoms with Crippen LogP contribution in [-0.2, 0) is 9.59 Å². The Kier molecular flexibility index (Phi) is 12.4. The molecule has 0 bridgehead atoms. The molecule has 0 heterocycles. The first kappa shape index (κ1) is 23.5. The number of carbonyl (C=O) groups is 4. The molecule has 0 aromatic rings. The lowest BCUT2D eigenvalue weighted by molar-refractivity contribution is -0.148. The molecule has 1 atom stereocenters. The van der Waals surface area contributed by atoms with Crippen LogP contribution < -0.4 is 5.43 Å². The van der Waals surface area contributed by atoms with Crippen LogP contribution in [0.5, 0.6) is 0 Å². The SMILES string of the molecule is O=C(O)CC(CCCCCCCCCCN(NC(=O)O)C(=O)O)C(=O)O. The molecule has 26 heavy (non-hydrogen) atoms. The highest BCUT2D eigenvalue weighted by molar-refractivity contribution is 5.77. The number of unbranched alkanes of at least 4 members (excludes halogenated alkanes) is 7. The van der Waals surface area contributed by atoms with E-state index in [2.05, 4.69) is 0 Å². The highest BCUT2D eigenvalue weighted by Crippen LogP contribution is 2.16. The molecule has 0 aromatic heterocycles. The van der Waals surface area contributed by atoms with Gasteiger partial charge >= 0.3 is 24.1 Å². The molecule has 0 aliphatic heterocycles. The summed E-state index contributed by atoms with van der Waals surface area (Å²) in [5.41, 5.74) is 1.81. The second-order valence-electron chi connectivity index (χ2n) is 6.10. The van der Waals surface area contributed by atoms with E-state index in [1.54, 1.807) is 5.43 Å². The van der Waals surface area contributed by atoms with E-state index >= 15 is 0 Å². The molecule has 10 heteroatoms. The molecular weight excluding hydrogens is 348 g/mol. The third kappa shape index (κ3) is 12.8. The normalized spacial score (nSPS) is 11.5. The molecule has 5 N–H and O–H groups in total. The summed E-state index contributed by atoms with van der Waals surface area (Å²) in [7, 11) is 0. The van der Waals surface area contributed by atoms with Crippen molar-refractivity contribution in [2.24, 2.45) is 5.92 Å². The van der Waals surface area contributed by atoms with Gasteiger partial charge in [-0.15, -0.1) is 0 Å². The van der Waals surface area contributed by atoms with E-state index in [-0.39, 0.29) is 13.0 Å². The largest absolute Gasteiger partial charge is 0.481 e. The van der Waals surface area contributed by atoms with Gasteiger partial charge in [0.1, 0.15) is 0 Å². The Bertz CT molecular complexity index is 427. The molecule has 0 spiro atoms. The molecule has 2 amide bonds. The highest BCUT2D eigenvalue weighted by Gasteiger charge is 2.20. The number of amides is 2. The fourth-order valence-electron chi connectivity index (χ4n) is 2.56. The monoisotopic (exact) mass is 376 g/mol. The molecule has 0 aromatic carbocycles. The zero-order valence-corrected chi connectivity index (χ0v) is 14.7. The van der Waals surface area contributed by atoms with Crippen molar-refractivity contribution in [3.8, 4) is 0 Å². The number of aliphatic carboxylic acids is 2. The van der Waals surface area contributed by atoms with Gasteiger partial charge in [0.15, 0.2) is 0 Å². The van der Waals surface area contributed by atoms with Gasteiger partial charge in [-0.05, 0) is 12.8 Å². The number of carboxylic acid groups (broad SMARTS) is 4. The number of hydrogen-bond acceptors (Lipinski definition) is 4. The smallest absolute Gasteiger partial charge is 0.426 e. The minimum absolute atomic E-state index is 0.0990. The first-order valence-electron chi connectivity index (χ1n) is 8.68. The van der Waals surface area contributed by atoms with Crippen molar-refractivity contribution in [2.45, 2.75) is 64.2 Å². The number of hydrogen-bond donors (Lipinski definition) is 5. The molecule has 0 saturated heterocycles. The van der Waals surface area contributed by atoms with Crippen molar-refractivity contribution in [1.29, 1.82) is 0 Å². The maximum Gasteiger partial charge on any atom is 0.426 e. The standard InChI is InChI=1S/C16H28N2O8/c19-13(20)11-12(14(21)22)9-7-5-3-1-2-4-6-8-10-18(16(25)26)17-15(23)24/h12,17H,1-11H2,(H,19,20)(H,21,22)(H,23,24)(H,25,26). The first-order valence-corrected chi connectivity index (χ1v) is 8.68. The van der Waals surface area contributed by atoms with Gasteiger partial charge in [-0.2, -0.15) is 0 Å². The minimum atomic E-state index is -1.42.